The van der Waals surface area contributed by atoms with Crippen LogP contribution in [-0.4, -0.2) is 0 Å². The quantitative estimate of drug-likeness (QED) is 0.0951. The van der Waals surface area contributed by atoms with Gasteiger partial charge in [-0.05, 0) is 271 Å². The number of anilines is 6. The number of rotatable bonds is 16. The molecule has 93 heavy (non-hydrogen) atoms. The Balaban J connectivity index is 0.801. The number of aryl methyl sites for hydroxylation is 4. The highest BCUT2D eigenvalue weighted by atomic mass is 79.9. The predicted octanol–water partition coefficient (Wildman–Crippen LogP) is 26.3. The molecule has 0 aliphatic heterocycles. The van der Waals surface area contributed by atoms with Gasteiger partial charge in [-0.15, -0.1) is 0 Å². The molecule has 0 saturated heterocycles. The lowest BCUT2D eigenvalue weighted by Crippen LogP contribution is -2.27. The summed E-state index contributed by atoms with van der Waals surface area (Å²) in [7, 11) is 0. The maximum absolute atomic E-state index is 3.70. The van der Waals surface area contributed by atoms with Crippen molar-refractivity contribution in [3.63, 3.8) is 0 Å². The predicted molar refractivity (Wildman–Crippen MR) is 404 cm³/mol. The summed E-state index contributed by atoms with van der Waals surface area (Å²) in [5, 5.41) is 0. The largest absolute Gasteiger partial charge is 0.310 e. The number of benzene rings is 12. The third-order valence-corrected chi connectivity index (χ3v) is 21.0. The van der Waals surface area contributed by atoms with Crippen molar-refractivity contribution in [3.8, 4) is 66.8 Å². The van der Waals surface area contributed by atoms with Gasteiger partial charge in [0, 0.05) is 48.5 Å². The van der Waals surface area contributed by atoms with Crippen LogP contribution < -0.4 is 9.80 Å². The summed E-state index contributed by atoms with van der Waals surface area (Å²) in [4.78, 5) is 4.82. The molecule has 0 amide bonds. The minimum absolute atomic E-state index is 0.0177. The Kier molecular flexibility index (Phi) is 16.8. The van der Waals surface area contributed by atoms with E-state index in [9.17, 15) is 0 Å². The molecule has 4 heteroatoms. The Hall–Kier alpha value is -8.80. The van der Waals surface area contributed by atoms with E-state index in [1.807, 2.05) is 0 Å². The molecule has 0 aromatic heterocycles. The smallest absolute Gasteiger partial charge is 0.0464 e. The maximum atomic E-state index is 3.70. The first-order valence-corrected chi connectivity index (χ1v) is 34.9. The van der Waals surface area contributed by atoms with Crippen LogP contribution in [0.5, 0.6) is 0 Å². The Labute approximate surface area is 569 Å². The van der Waals surface area contributed by atoms with Gasteiger partial charge < -0.3 is 9.80 Å². The van der Waals surface area contributed by atoms with Gasteiger partial charge in [0.25, 0.3) is 0 Å². The normalized spacial score (nSPS) is 14.0. The Morgan fingerprint density at radius 3 is 0.914 bits per heavy atom. The summed E-state index contributed by atoms with van der Waals surface area (Å²) in [5.74, 6) is 0. The highest BCUT2D eigenvalue weighted by molar-refractivity contribution is 9.10. The van der Waals surface area contributed by atoms with Gasteiger partial charge in [-0.3, -0.25) is 0 Å². The average Bonchev–Trinajstić information content (AvgIpc) is 1.53. The second kappa shape index (κ2) is 25.3. The lowest BCUT2D eigenvalue weighted by Gasteiger charge is -2.31. The molecule has 0 atom stereocenters. The lowest BCUT2D eigenvalue weighted by molar-refractivity contribution is 0.349. The SMILES string of the molecule is CCCc1ccc(-c2ccc(N(c3ccc(-c4cccc(Br)c4)cc3)c3ccc(-c4ccc5c(c4)C4(CC5(C)C)CC(C)(C)c5ccc(-c6ccc(N(c7ccc(-c8ccc(CCC)cc8)cc7)c7ccc(-c8cccc(Br)c8)cc7)cc6C)cc54)c(C)c3)cc2)cc1. The first-order valence-electron chi connectivity index (χ1n) is 33.3. The number of hydrogen-bond acceptors (Lipinski definition) is 2. The van der Waals surface area contributed by atoms with Crippen molar-refractivity contribution in [3.05, 3.63) is 320 Å². The van der Waals surface area contributed by atoms with Crippen LogP contribution in [0.4, 0.5) is 34.1 Å². The van der Waals surface area contributed by atoms with E-state index in [1.54, 1.807) is 0 Å². The van der Waals surface area contributed by atoms with Crippen LogP contribution in [-0.2, 0) is 29.1 Å². The van der Waals surface area contributed by atoms with Crippen LogP contribution in [0.3, 0.4) is 0 Å². The van der Waals surface area contributed by atoms with Crippen molar-refractivity contribution in [1.82, 2.24) is 0 Å². The number of fused-ring (bicyclic) bond motifs is 4. The first kappa shape index (κ1) is 61.7. The fraction of sp³-hybridized carbons (Fsp3) is 0.191. The molecular weight excluding hydrogens is 1260 g/mol. The molecule has 0 N–H and O–H groups in total. The topological polar surface area (TPSA) is 6.48 Å². The van der Waals surface area contributed by atoms with Crippen molar-refractivity contribution in [2.24, 2.45) is 0 Å². The molecule has 0 fully saturated rings. The number of hydrogen-bond donors (Lipinski definition) is 0. The van der Waals surface area contributed by atoms with E-state index in [-0.39, 0.29) is 16.2 Å². The monoisotopic (exact) mass is 1330 g/mol. The molecule has 14 rings (SSSR count). The number of nitrogens with zero attached hydrogens (tertiary/aromatic N) is 2. The van der Waals surface area contributed by atoms with E-state index in [0.717, 1.165) is 81.6 Å². The fourth-order valence-corrected chi connectivity index (χ4v) is 16.5. The van der Waals surface area contributed by atoms with Crippen molar-refractivity contribution >= 4 is 66.0 Å². The molecule has 460 valence electrons. The highest BCUT2D eigenvalue weighted by Gasteiger charge is 2.56. The minimum Gasteiger partial charge on any atom is -0.310 e. The highest BCUT2D eigenvalue weighted by Crippen LogP contribution is 2.64. The summed E-state index contributed by atoms with van der Waals surface area (Å²) in [5.41, 5.74) is 32.4. The summed E-state index contributed by atoms with van der Waals surface area (Å²) in [6.07, 6.45) is 6.61. The van der Waals surface area contributed by atoms with Gasteiger partial charge in [-0.2, -0.15) is 0 Å². The van der Waals surface area contributed by atoms with Crippen molar-refractivity contribution in [1.29, 1.82) is 0 Å². The molecule has 12 aromatic carbocycles. The van der Waals surface area contributed by atoms with E-state index in [2.05, 4.69) is 364 Å². The van der Waals surface area contributed by atoms with Gasteiger partial charge >= 0.3 is 0 Å². The van der Waals surface area contributed by atoms with Crippen LogP contribution >= 0.6 is 31.9 Å². The average molecular weight is 1340 g/mol. The summed E-state index contributed by atoms with van der Waals surface area (Å²) in [6.45, 7) is 19.0. The van der Waals surface area contributed by atoms with Crippen molar-refractivity contribution < 1.29 is 0 Å². The Bertz CT molecular complexity index is 4410. The number of halogens is 2. The van der Waals surface area contributed by atoms with Gasteiger partial charge in [0.2, 0.25) is 0 Å². The lowest BCUT2D eigenvalue weighted by atomic mass is 9.72. The van der Waals surface area contributed by atoms with E-state index >= 15 is 0 Å². The molecule has 12 aromatic rings. The van der Waals surface area contributed by atoms with E-state index < -0.39 is 0 Å². The molecule has 0 saturated carbocycles. The van der Waals surface area contributed by atoms with Crippen molar-refractivity contribution in [2.75, 3.05) is 9.80 Å². The second-order valence-electron chi connectivity index (χ2n) is 27.5. The Morgan fingerprint density at radius 2 is 0.602 bits per heavy atom. The van der Waals surface area contributed by atoms with Crippen LogP contribution in [0.15, 0.2) is 276 Å². The fourth-order valence-electron chi connectivity index (χ4n) is 15.7. The standard InChI is InChI=1S/C89H80Br2N2/c1-9-13-61-19-23-63(24-20-61)65-27-37-75(38-28-65)92(77-41-31-67(32-42-77)69-15-11-17-73(90)53-69)79-45-47-81(59(3)51-79)71-35-49-83-85(55-71)89(57-87(83,5)6)58-88(7,8)84-50-36-72(56-86(84)89)82-48-46-80(52-60(82)4)93(78-43-33-68(34-44-78)70-16-12-18-74(91)54-70)76-39-29-66(30-40-76)64-25-21-62(14-10-2)22-26-64/h11-12,15-56H,9-10,13-14,57-58H2,1-8H3. The molecule has 0 heterocycles. The first-order chi connectivity index (χ1) is 45.0. The second-order valence-corrected chi connectivity index (χ2v) is 29.3. The molecule has 2 aliphatic carbocycles. The zero-order valence-electron chi connectivity index (χ0n) is 54.8. The van der Waals surface area contributed by atoms with Crippen LogP contribution in [0.1, 0.15) is 112 Å². The van der Waals surface area contributed by atoms with Gasteiger partial charge in [-0.25, -0.2) is 0 Å². The molecule has 0 bridgehead atoms. The molecule has 0 unspecified atom stereocenters. The minimum atomic E-state index is -0.156. The Morgan fingerprint density at radius 1 is 0.301 bits per heavy atom. The molecule has 2 aliphatic rings. The van der Waals surface area contributed by atoms with Crippen LogP contribution in [0.2, 0.25) is 0 Å². The van der Waals surface area contributed by atoms with Crippen LogP contribution in [0, 0.1) is 13.8 Å². The maximum Gasteiger partial charge on any atom is 0.0464 e. The van der Waals surface area contributed by atoms with Gasteiger partial charge in [-0.1, -0.05) is 244 Å². The molecule has 0 radical (unpaired) electrons. The van der Waals surface area contributed by atoms with E-state index in [4.69, 9.17) is 0 Å². The summed E-state index contributed by atoms with van der Waals surface area (Å²) < 4.78 is 2.15. The zero-order chi connectivity index (χ0) is 64.2. The van der Waals surface area contributed by atoms with Crippen LogP contribution in [0.25, 0.3) is 66.8 Å². The molecular formula is C89H80Br2N2. The van der Waals surface area contributed by atoms with E-state index in [1.165, 1.54) is 111 Å². The van der Waals surface area contributed by atoms with E-state index in [0.29, 0.717) is 0 Å². The van der Waals surface area contributed by atoms with Gasteiger partial charge in [0.1, 0.15) is 0 Å². The third kappa shape index (κ3) is 12.1. The van der Waals surface area contributed by atoms with Gasteiger partial charge in [0.05, 0.1) is 0 Å². The van der Waals surface area contributed by atoms with Crippen molar-refractivity contribution in [2.45, 2.75) is 110 Å². The summed E-state index contributed by atoms with van der Waals surface area (Å²) in [6, 6.07) is 101. The van der Waals surface area contributed by atoms with Gasteiger partial charge in [0.15, 0.2) is 0 Å². The summed E-state index contributed by atoms with van der Waals surface area (Å²) >= 11 is 7.40. The molecule has 2 nitrogen and oxygen atoms in total. The zero-order valence-corrected chi connectivity index (χ0v) is 58.0. The third-order valence-electron chi connectivity index (χ3n) is 20.0. The molecule has 1 spiro atoms.